The topological polar surface area (TPSA) is 33.6 Å². The molecule has 2 aromatic rings. The molecule has 18 heavy (non-hydrogen) atoms. The highest BCUT2D eigenvalue weighted by atomic mass is 32.1. The molecule has 1 N–H and O–H groups in total. The number of rotatable bonds is 2. The number of fused-ring (bicyclic) bond motifs is 3. The van der Waals surface area contributed by atoms with Gasteiger partial charge in [-0.25, -0.2) is 4.98 Å². The molecule has 2 heterocycles. The maximum absolute atomic E-state index is 5.44. The van der Waals surface area contributed by atoms with E-state index in [9.17, 15) is 0 Å². The van der Waals surface area contributed by atoms with Crippen LogP contribution in [0.1, 0.15) is 25.7 Å². The minimum atomic E-state index is 0.816. The van der Waals surface area contributed by atoms with Gasteiger partial charge in [-0.15, -0.1) is 0 Å². The Balaban J connectivity index is 1.70. The van der Waals surface area contributed by atoms with Gasteiger partial charge in [-0.1, -0.05) is 6.42 Å². The van der Waals surface area contributed by atoms with E-state index in [-0.39, 0.29) is 0 Å². The highest BCUT2D eigenvalue weighted by Gasteiger charge is 2.39. The Morgan fingerprint density at radius 3 is 3.11 bits per heavy atom. The van der Waals surface area contributed by atoms with E-state index in [4.69, 9.17) is 12.2 Å². The lowest BCUT2D eigenvalue weighted by Gasteiger charge is -2.21. The Kier molecular flexibility index (Phi) is 2.34. The number of hydrogen-bond acceptors (Lipinski definition) is 2. The Hall–Kier alpha value is -1.16. The van der Waals surface area contributed by atoms with Gasteiger partial charge in [-0.3, -0.25) is 0 Å². The first-order valence-corrected chi connectivity index (χ1v) is 7.25. The van der Waals surface area contributed by atoms with E-state index in [2.05, 4.69) is 20.6 Å². The van der Waals surface area contributed by atoms with Crippen LogP contribution in [-0.2, 0) is 6.54 Å². The van der Waals surface area contributed by atoms with E-state index in [0.29, 0.717) is 0 Å². The van der Waals surface area contributed by atoms with E-state index in [1.54, 1.807) is 0 Å². The lowest BCUT2D eigenvalue weighted by molar-refractivity contribution is 0.297. The fraction of sp³-hybridized carbons (Fsp3) is 0.571. The summed E-state index contributed by atoms with van der Waals surface area (Å²) in [5.41, 5.74) is 2.08. The van der Waals surface area contributed by atoms with Gasteiger partial charge in [0.15, 0.2) is 10.4 Å². The quantitative estimate of drug-likeness (QED) is 0.837. The molecule has 94 valence electrons. The summed E-state index contributed by atoms with van der Waals surface area (Å²) in [6.07, 6.45) is 7.58. The first kappa shape index (κ1) is 10.7. The van der Waals surface area contributed by atoms with Gasteiger partial charge >= 0.3 is 0 Å². The van der Waals surface area contributed by atoms with Gasteiger partial charge in [0.05, 0.1) is 5.52 Å². The number of imidazole rings is 1. The second-order valence-electron chi connectivity index (χ2n) is 5.85. The number of H-pyrrole nitrogens is 1. The largest absolute Gasteiger partial charge is 0.329 e. The minimum Gasteiger partial charge on any atom is -0.329 e. The lowest BCUT2D eigenvalue weighted by atomic mass is 9.89. The van der Waals surface area contributed by atoms with Crippen LogP contribution in [0.4, 0.5) is 0 Å². The molecule has 0 saturated heterocycles. The van der Waals surface area contributed by atoms with Gasteiger partial charge in [0.2, 0.25) is 0 Å². The van der Waals surface area contributed by atoms with Crippen LogP contribution in [0, 0.1) is 22.5 Å². The normalized spacial score (nSPS) is 30.3. The molecule has 3 nitrogen and oxygen atoms in total. The lowest BCUT2D eigenvalue weighted by Crippen LogP contribution is -2.17. The van der Waals surface area contributed by atoms with Gasteiger partial charge in [0.25, 0.3) is 0 Å². The molecule has 2 aliphatic carbocycles. The van der Waals surface area contributed by atoms with E-state index in [1.165, 1.54) is 25.7 Å². The number of aromatic amines is 1. The van der Waals surface area contributed by atoms with Crippen molar-refractivity contribution in [3.8, 4) is 0 Å². The Morgan fingerprint density at radius 1 is 1.39 bits per heavy atom. The fourth-order valence-corrected chi connectivity index (χ4v) is 4.26. The van der Waals surface area contributed by atoms with Crippen LogP contribution in [0.2, 0.25) is 0 Å². The first-order valence-electron chi connectivity index (χ1n) is 6.85. The van der Waals surface area contributed by atoms with Crippen LogP contribution in [0.25, 0.3) is 11.2 Å². The third-order valence-corrected chi connectivity index (χ3v) is 5.15. The number of pyridine rings is 1. The van der Waals surface area contributed by atoms with Gasteiger partial charge in [-0.2, -0.15) is 0 Å². The molecule has 3 unspecified atom stereocenters. The third-order valence-electron chi connectivity index (χ3n) is 4.83. The summed E-state index contributed by atoms with van der Waals surface area (Å²) < 4.78 is 3.03. The Labute approximate surface area is 111 Å². The molecular weight excluding hydrogens is 242 g/mol. The van der Waals surface area contributed by atoms with Crippen molar-refractivity contribution in [2.45, 2.75) is 32.2 Å². The molecular formula is C14H17N3S. The predicted octanol–water partition coefficient (Wildman–Crippen LogP) is 3.53. The fourth-order valence-electron chi connectivity index (χ4n) is 3.99. The molecule has 0 spiro atoms. The average molecular weight is 259 g/mol. The summed E-state index contributed by atoms with van der Waals surface area (Å²) >= 11 is 5.44. The molecule has 2 saturated carbocycles. The van der Waals surface area contributed by atoms with Gasteiger partial charge in [0, 0.05) is 12.7 Å². The van der Waals surface area contributed by atoms with Crippen molar-refractivity contribution in [3.63, 3.8) is 0 Å². The van der Waals surface area contributed by atoms with Crippen molar-refractivity contribution in [2.24, 2.45) is 17.8 Å². The predicted molar refractivity (Wildman–Crippen MR) is 73.9 cm³/mol. The molecule has 0 amide bonds. The van der Waals surface area contributed by atoms with Crippen molar-refractivity contribution >= 4 is 23.4 Å². The third kappa shape index (κ3) is 1.55. The highest BCUT2D eigenvalue weighted by molar-refractivity contribution is 7.71. The van der Waals surface area contributed by atoms with E-state index < -0.39 is 0 Å². The number of nitrogens with one attached hydrogen (secondary N) is 1. The SMILES string of the molecule is S=c1[nH]c2cccnc2n1CC1CC2CCC1C2. The summed E-state index contributed by atoms with van der Waals surface area (Å²) in [5.74, 6) is 2.74. The number of aromatic nitrogens is 3. The molecule has 0 radical (unpaired) electrons. The van der Waals surface area contributed by atoms with Crippen molar-refractivity contribution < 1.29 is 0 Å². The van der Waals surface area contributed by atoms with Crippen molar-refractivity contribution in [1.82, 2.24) is 14.5 Å². The van der Waals surface area contributed by atoms with E-state index >= 15 is 0 Å². The summed E-state index contributed by atoms with van der Waals surface area (Å²) in [4.78, 5) is 7.73. The molecule has 0 aromatic carbocycles. The number of nitrogens with zero attached hydrogens (tertiary/aromatic N) is 2. The van der Waals surface area contributed by atoms with Crippen molar-refractivity contribution in [2.75, 3.05) is 0 Å². The Morgan fingerprint density at radius 2 is 2.33 bits per heavy atom. The maximum Gasteiger partial charge on any atom is 0.179 e. The molecule has 3 atom stereocenters. The zero-order chi connectivity index (χ0) is 12.1. The minimum absolute atomic E-state index is 0.816. The van der Waals surface area contributed by atoms with Crippen LogP contribution in [0.5, 0.6) is 0 Å². The van der Waals surface area contributed by atoms with Crippen LogP contribution in [0.15, 0.2) is 18.3 Å². The summed E-state index contributed by atoms with van der Waals surface area (Å²) in [7, 11) is 0. The van der Waals surface area contributed by atoms with Gasteiger partial charge < -0.3 is 9.55 Å². The average Bonchev–Trinajstić information content (AvgIpc) is 3.05. The van der Waals surface area contributed by atoms with Crippen LogP contribution < -0.4 is 0 Å². The van der Waals surface area contributed by atoms with Crippen LogP contribution in [0.3, 0.4) is 0 Å². The smallest absolute Gasteiger partial charge is 0.179 e. The Bertz CT molecular complexity index is 642. The van der Waals surface area contributed by atoms with Gasteiger partial charge in [0.1, 0.15) is 0 Å². The number of hydrogen-bond donors (Lipinski definition) is 1. The maximum atomic E-state index is 5.44. The molecule has 2 aliphatic rings. The van der Waals surface area contributed by atoms with Crippen molar-refractivity contribution in [1.29, 1.82) is 0 Å². The highest BCUT2D eigenvalue weighted by Crippen LogP contribution is 2.48. The zero-order valence-corrected chi connectivity index (χ0v) is 11.1. The van der Waals surface area contributed by atoms with Crippen molar-refractivity contribution in [3.05, 3.63) is 23.1 Å². The van der Waals surface area contributed by atoms with Gasteiger partial charge in [-0.05, 0) is 61.4 Å². The molecule has 0 aliphatic heterocycles. The monoisotopic (exact) mass is 259 g/mol. The summed E-state index contributed by atoms with van der Waals surface area (Å²) in [5, 5.41) is 0. The second kappa shape index (κ2) is 3.92. The summed E-state index contributed by atoms with van der Waals surface area (Å²) in [6, 6.07) is 4.00. The molecule has 2 bridgehead atoms. The molecule has 4 rings (SSSR count). The van der Waals surface area contributed by atoms with Crippen LogP contribution in [-0.4, -0.2) is 14.5 Å². The van der Waals surface area contributed by atoms with E-state index in [0.717, 1.165) is 40.2 Å². The second-order valence-corrected chi connectivity index (χ2v) is 6.24. The molecule has 4 heteroatoms. The molecule has 2 aromatic heterocycles. The summed E-state index contributed by atoms with van der Waals surface area (Å²) in [6.45, 7) is 1.05. The first-order chi connectivity index (χ1) is 8.81. The zero-order valence-electron chi connectivity index (χ0n) is 10.3. The van der Waals surface area contributed by atoms with E-state index in [1.807, 2.05) is 12.3 Å². The standard InChI is InChI=1S/C14H17N3S/c18-14-16-12-2-1-5-15-13(12)17(14)8-11-7-9-3-4-10(11)6-9/h1-2,5,9-11H,3-4,6-8H2,(H,16,18). The molecule has 2 fully saturated rings. The van der Waals surface area contributed by atoms with Crippen LogP contribution >= 0.6 is 12.2 Å².